The summed E-state index contributed by atoms with van der Waals surface area (Å²) in [6, 6.07) is 7.24. The van der Waals surface area contributed by atoms with Crippen molar-refractivity contribution >= 4 is 17.7 Å². The van der Waals surface area contributed by atoms with Crippen molar-refractivity contribution in [3.05, 3.63) is 28.8 Å². The molecule has 3 fully saturated rings. The molecule has 1 aromatic rings. The van der Waals surface area contributed by atoms with Crippen LogP contribution in [0.1, 0.15) is 56.9 Å². The van der Waals surface area contributed by atoms with E-state index in [0.29, 0.717) is 30.7 Å². The van der Waals surface area contributed by atoms with E-state index in [4.69, 9.17) is 21.1 Å². The molecule has 2 atom stereocenters. The molecule has 0 radical (unpaired) electrons. The van der Waals surface area contributed by atoms with Crippen LogP contribution in [-0.4, -0.2) is 60.8 Å². The molecule has 154 valence electrons. The lowest BCUT2D eigenvalue weighted by atomic mass is 9.86. The number of carbonyl (C=O) groups is 1. The van der Waals surface area contributed by atoms with Crippen LogP contribution < -0.4 is 4.74 Å². The number of hydrogen-bond donors (Lipinski definition) is 0. The van der Waals surface area contributed by atoms with Gasteiger partial charge in [0, 0.05) is 23.1 Å². The van der Waals surface area contributed by atoms with E-state index in [9.17, 15) is 4.79 Å². The maximum absolute atomic E-state index is 12.3. The first-order valence-corrected chi connectivity index (χ1v) is 11.0. The zero-order valence-corrected chi connectivity index (χ0v) is 17.7. The fourth-order valence-corrected chi connectivity index (χ4v) is 5.72. The van der Waals surface area contributed by atoms with E-state index in [2.05, 4.69) is 11.0 Å². The number of carbonyl (C=O) groups excluding carboxylic acids is 1. The van der Waals surface area contributed by atoms with Crippen LogP contribution in [0, 0.1) is 0 Å². The molecule has 3 aliphatic rings. The third-order valence-electron chi connectivity index (χ3n) is 6.86. The van der Waals surface area contributed by atoms with Gasteiger partial charge in [-0.25, -0.2) is 4.79 Å². The molecule has 1 amide bonds. The van der Waals surface area contributed by atoms with E-state index in [1.54, 1.807) is 7.11 Å². The van der Waals surface area contributed by atoms with Crippen molar-refractivity contribution in [1.82, 2.24) is 9.80 Å². The van der Waals surface area contributed by atoms with Crippen molar-refractivity contribution in [2.75, 3.05) is 26.8 Å². The summed E-state index contributed by atoms with van der Waals surface area (Å²) < 4.78 is 10.9. The SMILES string of the molecule is CCOC(=O)N1C2CCC1CC(N1CCC(c3cc(Cl)ccc3OC)CC1)C2. The highest BCUT2D eigenvalue weighted by Crippen LogP contribution is 2.41. The van der Waals surface area contributed by atoms with Crippen LogP contribution in [-0.2, 0) is 4.74 Å². The minimum Gasteiger partial charge on any atom is -0.496 e. The van der Waals surface area contributed by atoms with E-state index >= 15 is 0 Å². The van der Waals surface area contributed by atoms with Crippen molar-refractivity contribution < 1.29 is 14.3 Å². The van der Waals surface area contributed by atoms with Gasteiger partial charge in [0.2, 0.25) is 0 Å². The summed E-state index contributed by atoms with van der Waals surface area (Å²) in [7, 11) is 1.73. The van der Waals surface area contributed by atoms with Crippen molar-refractivity contribution in [3.63, 3.8) is 0 Å². The van der Waals surface area contributed by atoms with Gasteiger partial charge >= 0.3 is 6.09 Å². The number of rotatable bonds is 4. The summed E-state index contributed by atoms with van der Waals surface area (Å²) in [4.78, 5) is 17.0. The average molecular weight is 407 g/mol. The van der Waals surface area contributed by atoms with Crippen molar-refractivity contribution in [2.24, 2.45) is 0 Å². The van der Waals surface area contributed by atoms with Gasteiger partial charge in [0.15, 0.2) is 0 Å². The van der Waals surface area contributed by atoms with E-state index in [0.717, 1.165) is 62.4 Å². The summed E-state index contributed by atoms with van der Waals surface area (Å²) in [6.07, 6.45) is 6.56. The average Bonchev–Trinajstić information content (AvgIpc) is 2.98. The Bertz CT molecular complexity index is 691. The molecular formula is C22H31ClN2O3. The Morgan fingerprint density at radius 1 is 1.11 bits per heavy atom. The van der Waals surface area contributed by atoms with Crippen molar-refractivity contribution in [2.45, 2.75) is 69.5 Å². The fraction of sp³-hybridized carbons (Fsp3) is 0.682. The molecule has 3 heterocycles. The molecule has 4 rings (SSSR count). The number of piperidine rings is 2. The van der Waals surface area contributed by atoms with Crippen LogP contribution in [0.5, 0.6) is 5.75 Å². The van der Waals surface area contributed by atoms with Gasteiger partial charge < -0.3 is 19.3 Å². The highest BCUT2D eigenvalue weighted by molar-refractivity contribution is 6.30. The van der Waals surface area contributed by atoms with Crippen LogP contribution in [0.3, 0.4) is 0 Å². The second-order valence-corrected chi connectivity index (χ2v) is 8.75. The quantitative estimate of drug-likeness (QED) is 0.728. The number of fused-ring (bicyclic) bond motifs is 2. The van der Waals surface area contributed by atoms with Crippen LogP contribution in [0.4, 0.5) is 4.79 Å². The topological polar surface area (TPSA) is 42.0 Å². The number of hydrogen-bond acceptors (Lipinski definition) is 4. The lowest BCUT2D eigenvalue weighted by Gasteiger charge is -2.45. The monoisotopic (exact) mass is 406 g/mol. The standard InChI is InChI=1S/C22H31ClN2O3/c1-3-28-22(26)25-17-5-6-18(25)14-19(13-17)24-10-8-15(9-11-24)20-12-16(23)4-7-21(20)27-2/h4,7,12,15,17-19H,3,5-6,8-11,13-14H2,1-2H3. The largest absolute Gasteiger partial charge is 0.496 e. The van der Waals surface area contributed by atoms with Crippen LogP contribution >= 0.6 is 11.6 Å². The summed E-state index contributed by atoms with van der Waals surface area (Å²) >= 11 is 6.24. The molecule has 0 saturated carbocycles. The second-order valence-electron chi connectivity index (χ2n) is 8.31. The normalized spacial score (nSPS) is 28.4. The highest BCUT2D eigenvalue weighted by Gasteiger charge is 2.45. The lowest BCUT2D eigenvalue weighted by Crippen LogP contribution is -2.53. The van der Waals surface area contributed by atoms with Crippen molar-refractivity contribution in [1.29, 1.82) is 0 Å². The fourth-order valence-electron chi connectivity index (χ4n) is 5.54. The Morgan fingerprint density at radius 2 is 1.79 bits per heavy atom. The second kappa shape index (κ2) is 8.50. The molecule has 0 aromatic heterocycles. The molecule has 3 aliphatic heterocycles. The minimum absolute atomic E-state index is 0.111. The van der Waals surface area contributed by atoms with Crippen LogP contribution in [0.15, 0.2) is 18.2 Å². The molecule has 0 aliphatic carbocycles. The number of nitrogens with zero attached hydrogens (tertiary/aromatic N) is 2. The summed E-state index contributed by atoms with van der Waals surface area (Å²) in [6.45, 7) is 4.54. The molecular weight excluding hydrogens is 376 g/mol. The zero-order chi connectivity index (χ0) is 19.7. The number of likely N-dealkylation sites (tertiary alicyclic amines) is 1. The van der Waals surface area contributed by atoms with Gasteiger partial charge in [-0.3, -0.25) is 0 Å². The molecule has 6 heteroatoms. The maximum Gasteiger partial charge on any atom is 0.410 e. The highest BCUT2D eigenvalue weighted by atomic mass is 35.5. The predicted molar refractivity (Wildman–Crippen MR) is 110 cm³/mol. The predicted octanol–water partition coefficient (Wildman–Crippen LogP) is 4.68. The number of halogens is 1. The number of methoxy groups -OCH3 is 1. The molecule has 3 saturated heterocycles. The van der Waals surface area contributed by atoms with Gasteiger partial charge in [0.05, 0.1) is 13.7 Å². The molecule has 0 spiro atoms. The van der Waals surface area contributed by atoms with Gasteiger partial charge in [-0.1, -0.05) is 11.6 Å². The van der Waals surface area contributed by atoms with E-state index < -0.39 is 0 Å². The number of benzene rings is 1. The van der Waals surface area contributed by atoms with Gasteiger partial charge in [0.25, 0.3) is 0 Å². The Kier molecular flexibility index (Phi) is 6.02. The van der Waals surface area contributed by atoms with Crippen LogP contribution in [0.25, 0.3) is 0 Å². The Morgan fingerprint density at radius 3 is 2.39 bits per heavy atom. The first-order chi connectivity index (χ1) is 13.6. The zero-order valence-electron chi connectivity index (χ0n) is 16.9. The van der Waals surface area contributed by atoms with E-state index in [1.807, 2.05) is 24.0 Å². The van der Waals surface area contributed by atoms with Crippen molar-refractivity contribution in [3.8, 4) is 5.75 Å². The number of amides is 1. The van der Waals surface area contributed by atoms with Crippen LogP contribution in [0.2, 0.25) is 5.02 Å². The molecule has 2 unspecified atom stereocenters. The Labute approximate surface area is 172 Å². The molecule has 2 bridgehead atoms. The summed E-state index contributed by atoms with van der Waals surface area (Å²) in [5.74, 6) is 1.45. The first kappa shape index (κ1) is 19.8. The molecule has 5 nitrogen and oxygen atoms in total. The van der Waals surface area contributed by atoms with Gasteiger partial charge in [-0.15, -0.1) is 0 Å². The number of ether oxygens (including phenoxy) is 2. The smallest absolute Gasteiger partial charge is 0.410 e. The third kappa shape index (κ3) is 3.84. The van der Waals surface area contributed by atoms with Gasteiger partial charge in [0.1, 0.15) is 5.75 Å². The van der Waals surface area contributed by atoms with Gasteiger partial charge in [-0.2, -0.15) is 0 Å². The van der Waals surface area contributed by atoms with E-state index in [-0.39, 0.29) is 6.09 Å². The first-order valence-electron chi connectivity index (χ1n) is 10.6. The molecule has 28 heavy (non-hydrogen) atoms. The van der Waals surface area contributed by atoms with Gasteiger partial charge in [-0.05, 0) is 88.2 Å². The minimum atomic E-state index is -0.111. The summed E-state index contributed by atoms with van der Waals surface area (Å²) in [5.41, 5.74) is 1.24. The molecule has 0 N–H and O–H groups in total. The summed E-state index contributed by atoms with van der Waals surface area (Å²) in [5, 5.41) is 0.779. The Hall–Kier alpha value is -1.46. The maximum atomic E-state index is 12.3. The molecule has 1 aromatic carbocycles. The third-order valence-corrected chi connectivity index (χ3v) is 7.10. The van der Waals surface area contributed by atoms with E-state index in [1.165, 1.54) is 5.56 Å². The Balaban J connectivity index is 1.37. The lowest BCUT2D eigenvalue weighted by molar-refractivity contribution is 0.0340.